The normalized spacial score (nSPS) is 12.5. The standard InChI is InChI=1S/C19H25N3O3/c1-3-4-6-11-16(19(20)25)22-18(24)13-12-17(23)21-14(2)15-9-7-5-8-10-15/h1,5,7-10,14,16H,4,6,11-13H2,2H3,(H2,20,25)(H,21,23)(H,22,24)/t14-,16+/m1/s1. The molecule has 0 bridgehead atoms. The summed E-state index contributed by atoms with van der Waals surface area (Å²) in [7, 11) is 0. The number of carbonyl (C=O) groups excluding carboxylic acids is 3. The monoisotopic (exact) mass is 343 g/mol. The van der Waals surface area contributed by atoms with Crippen LogP contribution in [0.5, 0.6) is 0 Å². The van der Waals surface area contributed by atoms with E-state index in [0.29, 0.717) is 19.3 Å². The number of carbonyl (C=O) groups is 3. The van der Waals surface area contributed by atoms with Crippen LogP contribution in [0.3, 0.4) is 0 Å². The van der Waals surface area contributed by atoms with E-state index in [9.17, 15) is 14.4 Å². The highest BCUT2D eigenvalue weighted by Gasteiger charge is 2.18. The zero-order valence-corrected chi connectivity index (χ0v) is 14.5. The number of hydrogen-bond acceptors (Lipinski definition) is 3. The predicted octanol–water partition coefficient (Wildman–Crippen LogP) is 1.42. The fraction of sp³-hybridized carbons (Fsp3) is 0.421. The maximum Gasteiger partial charge on any atom is 0.240 e. The van der Waals surface area contributed by atoms with Crippen molar-refractivity contribution in [2.24, 2.45) is 5.73 Å². The van der Waals surface area contributed by atoms with Crippen LogP contribution in [0.2, 0.25) is 0 Å². The molecule has 0 fully saturated rings. The first kappa shape index (κ1) is 20.2. The second-order valence-electron chi connectivity index (χ2n) is 5.82. The smallest absolute Gasteiger partial charge is 0.240 e. The van der Waals surface area contributed by atoms with Gasteiger partial charge in [-0.25, -0.2) is 0 Å². The average Bonchev–Trinajstić information content (AvgIpc) is 2.59. The summed E-state index contributed by atoms with van der Waals surface area (Å²) in [6, 6.07) is 8.65. The summed E-state index contributed by atoms with van der Waals surface area (Å²) >= 11 is 0. The minimum atomic E-state index is -0.757. The van der Waals surface area contributed by atoms with Crippen molar-refractivity contribution in [1.29, 1.82) is 0 Å². The molecule has 0 aliphatic carbocycles. The zero-order valence-electron chi connectivity index (χ0n) is 14.5. The summed E-state index contributed by atoms with van der Waals surface area (Å²) in [6.07, 6.45) is 6.69. The van der Waals surface area contributed by atoms with E-state index in [1.54, 1.807) is 0 Å². The molecule has 0 saturated heterocycles. The van der Waals surface area contributed by atoms with Crippen LogP contribution < -0.4 is 16.4 Å². The summed E-state index contributed by atoms with van der Waals surface area (Å²) < 4.78 is 0. The highest BCUT2D eigenvalue weighted by molar-refractivity contribution is 5.88. The topological polar surface area (TPSA) is 101 Å². The fourth-order valence-corrected chi connectivity index (χ4v) is 2.33. The van der Waals surface area contributed by atoms with E-state index >= 15 is 0 Å². The molecular formula is C19H25N3O3. The van der Waals surface area contributed by atoms with E-state index in [2.05, 4.69) is 16.6 Å². The summed E-state index contributed by atoms with van der Waals surface area (Å²) in [5, 5.41) is 5.39. The lowest BCUT2D eigenvalue weighted by atomic mass is 10.1. The van der Waals surface area contributed by atoms with Gasteiger partial charge in [0.05, 0.1) is 6.04 Å². The summed E-state index contributed by atoms with van der Waals surface area (Å²) in [5.74, 6) is 1.26. The Morgan fingerprint density at radius 3 is 2.28 bits per heavy atom. The van der Waals surface area contributed by atoms with E-state index in [4.69, 9.17) is 12.2 Å². The molecule has 0 spiro atoms. The van der Waals surface area contributed by atoms with Gasteiger partial charge in [0.1, 0.15) is 6.04 Å². The van der Waals surface area contributed by atoms with Gasteiger partial charge in [0.25, 0.3) is 0 Å². The first-order valence-corrected chi connectivity index (χ1v) is 8.30. The summed E-state index contributed by atoms with van der Waals surface area (Å²) in [6.45, 7) is 1.88. The third-order valence-corrected chi connectivity index (χ3v) is 3.75. The van der Waals surface area contributed by atoms with Crippen molar-refractivity contribution in [1.82, 2.24) is 10.6 Å². The van der Waals surface area contributed by atoms with E-state index in [1.165, 1.54) is 0 Å². The second-order valence-corrected chi connectivity index (χ2v) is 5.82. The number of nitrogens with one attached hydrogen (secondary N) is 2. The molecule has 1 rings (SSSR count). The Labute approximate surface area is 148 Å². The van der Waals surface area contributed by atoms with Crippen LogP contribution in [0, 0.1) is 12.3 Å². The van der Waals surface area contributed by atoms with Crippen molar-refractivity contribution in [2.45, 2.75) is 51.1 Å². The van der Waals surface area contributed by atoms with Gasteiger partial charge in [0.2, 0.25) is 17.7 Å². The molecule has 1 aromatic rings. The number of primary amides is 1. The fourth-order valence-electron chi connectivity index (χ4n) is 2.33. The van der Waals surface area contributed by atoms with Crippen LogP contribution in [-0.2, 0) is 14.4 Å². The lowest BCUT2D eigenvalue weighted by Crippen LogP contribution is -2.44. The minimum absolute atomic E-state index is 0.00768. The molecule has 1 aromatic carbocycles. The number of nitrogens with two attached hydrogens (primary N) is 1. The highest BCUT2D eigenvalue weighted by Crippen LogP contribution is 2.11. The Morgan fingerprint density at radius 1 is 1.12 bits per heavy atom. The first-order valence-electron chi connectivity index (χ1n) is 8.30. The molecule has 0 aliphatic heterocycles. The minimum Gasteiger partial charge on any atom is -0.368 e. The van der Waals surface area contributed by atoms with Crippen molar-refractivity contribution in [3.05, 3.63) is 35.9 Å². The Kier molecular flexibility index (Phi) is 8.80. The van der Waals surface area contributed by atoms with E-state index in [0.717, 1.165) is 5.56 Å². The number of terminal acetylenes is 1. The largest absolute Gasteiger partial charge is 0.368 e. The number of amides is 3. The van der Waals surface area contributed by atoms with Crippen LogP contribution >= 0.6 is 0 Å². The lowest BCUT2D eigenvalue weighted by molar-refractivity contribution is -0.129. The van der Waals surface area contributed by atoms with Gasteiger partial charge in [0.15, 0.2) is 0 Å². The maximum absolute atomic E-state index is 12.0. The molecule has 6 nitrogen and oxygen atoms in total. The van der Waals surface area contributed by atoms with E-state index in [-0.39, 0.29) is 30.7 Å². The van der Waals surface area contributed by atoms with Gasteiger partial charge in [-0.15, -0.1) is 12.3 Å². The van der Waals surface area contributed by atoms with Gasteiger partial charge < -0.3 is 16.4 Å². The molecule has 3 amide bonds. The first-order chi connectivity index (χ1) is 11.9. The molecule has 0 heterocycles. The maximum atomic E-state index is 12.0. The molecule has 6 heteroatoms. The van der Waals surface area contributed by atoms with Gasteiger partial charge in [-0.1, -0.05) is 30.3 Å². The molecule has 2 atom stereocenters. The lowest BCUT2D eigenvalue weighted by Gasteiger charge is -2.16. The third-order valence-electron chi connectivity index (χ3n) is 3.75. The van der Waals surface area contributed by atoms with Crippen molar-refractivity contribution < 1.29 is 14.4 Å². The molecule has 0 saturated carbocycles. The molecule has 0 radical (unpaired) electrons. The van der Waals surface area contributed by atoms with Gasteiger partial charge in [-0.05, 0) is 25.3 Å². The van der Waals surface area contributed by atoms with Gasteiger partial charge >= 0.3 is 0 Å². The number of hydrogen-bond donors (Lipinski definition) is 3. The molecule has 25 heavy (non-hydrogen) atoms. The number of rotatable bonds is 10. The van der Waals surface area contributed by atoms with Crippen LogP contribution in [0.25, 0.3) is 0 Å². The van der Waals surface area contributed by atoms with Crippen molar-refractivity contribution in [2.75, 3.05) is 0 Å². The second kappa shape index (κ2) is 10.9. The Balaban J connectivity index is 2.37. The van der Waals surface area contributed by atoms with Crippen LogP contribution in [-0.4, -0.2) is 23.8 Å². The van der Waals surface area contributed by atoms with Crippen molar-refractivity contribution >= 4 is 17.7 Å². The van der Waals surface area contributed by atoms with Crippen LogP contribution in [0.1, 0.15) is 50.6 Å². The van der Waals surface area contributed by atoms with Crippen LogP contribution in [0.15, 0.2) is 30.3 Å². The molecule has 0 unspecified atom stereocenters. The van der Waals surface area contributed by atoms with Gasteiger partial charge in [0, 0.05) is 19.3 Å². The molecule has 0 aliphatic rings. The Morgan fingerprint density at radius 2 is 1.72 bits per heavy atom. The quantitative estimate of drug-likeness (QED) is 0.442. The molecule has 4 N–H and O–H groups in total. The third kappa shape index (κ3) is 8.02. The average molecular weight is 343 g/mol. The van der Waals surface area contributed by atoms with Crippen molar-refractivity contribution in [3.8, 4) is 12.3 Å². The molecule has 0 aromatic heterocycles. The number of unbranched alkanes of at least 4 members (excludes halogenated alkanes) is 1. The van der Waals surface area contributed by atoms with E-state index in [1.807, 2.05) is 37.3 Å². The predicted molar refractivity (Wildman–Crippen MR) is 96.0 cm³/mol. The van der Waals surface area contributed by atoms with E-state index < -0.39 is 11.9 Å². The Bertz CT molecular complexity index is 623. The Hall–Kier alpha value is -2.81. The molecular weight excluding hydrogens is 318 g/mol. The summed E-state index contributed by atoms with van der Waals surface area (Å²) in [5.41, 5.74) is 6.26. The van der Waals surface area contributed by atoms with Gasteiger partial charge in [-0.3, -0.25) is 14.4 Å². The highest BCUT2D eigenvalue weighted by atomic mass is 16.2. The zero-order chi connectivity index (χ0) is 18.7. The van der Waals surface area contributed by atoms with Gasteiger partial charge in [-0.2, -0.15) is 0 Å². The molecule has 134 valence electrons. The van der Waals surface area contributed by atoms with Crippen molar-refractivity contribution in [3.63, 3.8) is 0 Å². The van der Waals surface area contributed by atoms with Crippen LogP contribution in [0.4, 0.5) is 0 Å². The number of benzene rings is 1. The summed E-state index contributed by atoms with van der Waals surface area (Å²) in [4.78, 5) is 35.2. The SMILES string of the molecule is C#CCCC[C@H](NC(=O)CCC(=O)N[C@H](C)c1ccccc1)C(N)=O.